The van der Waals surface area contributed by atoms with Gasteiger partial charge in [-0.3, -0.25) is 0 Å². The van der Waals surface area contributed by atoms with E-state index in [4.69, 9.17) is 14.2 Å². The molecule has 0 amide bonds. The van der Waals surface area contributed by atoms with Crippen molar-refractivity contribution in [3.63, 3.8) is 0 Å². The molecule has 0 radical (unpaired) electrons. The van der Waals surface area contributed by atoms with Crippen molar-refractivity contribution in [1.82, 2.24) is 0 Å². The lowest BCUT2D eigenvalue weighted by Crippen LogP contribution is -2.26. The summed E-state index contributed by atoms with van der Waals surface area (Å²) in [7, 11) is 0. The third-order valence-electron chi connectivity index (χ3n) is 3.40. The van der Waals surface area contributed by atoms with Gasteiger partial charge in [0.25, 0.3) is 0 Å². The molecule has 1 rings (SSSR count). The van der Waals surface area contributed by atoms with Crippen LogP contribution in [0.25, 0.3) is 0 Å². The quantitative estimate of drug-likeness (QED) is 0.626. The number of hydrogen-bond donors (Lipinski definition) is 0. The average Bonchev–Trinajstić information content (AvgIpc) is 2.58. The van der Waals surface area contributed by atoms with E-state index in [1.54, 1.807) is 12.1 Å². The molecule has 0 aliphatic carbocycles. The number of aryl methyl sites for hydroxylation is 1. The molecule has 0 saturated heterocycles. The average molecular weight is 336 g/mol. The van der Waals surface area contributed by atoms with Gasteiger partial charge >= 0.3 is 12.1 Å². The Labute approximate surface area is 144 Å². The Balaban J connectivity index is 2.51. The van der Waals surface area contributed by atoms with Gasteiger partial charge in [-0.05, 0) is 36.5 Å². The van der Waals surface area contributed by atoms with Crippen LogP contribution in [0.5, 0.6) is 0 Å². The van der Waals surface area contributed by atoms with E-state index in [1.807, 2.05) is 32.9 Å². The van der Waals surface area contributed by atoms with Gasteiger partial charge < -0.3 is 14.2 Å². The monoisotopic (exact) mass is 336 g/mol. The Kier molecular flexibility index (Phi) is 8.90. The highest BCUT2D eigenvalue weighted by molar-refractivity contribution is 5.89. The molecule has 0 spiro atoms. The van der Waals surface area contributed by atoms with Crippen LogP contribution in [0.4, 0.5) is 4.79 Å². The van der Waals surface area contributed by atoms with Crippen LogP contribution in [0.1, 0.15) is 56.5 Å². The van der Waals surface area contributed by atoms with E-state index in [-0.39, 0.29) is 12.5 Å². The number of hydrogen-bond acceptors (Lipinski definition) is 5. The first-order chi connectivity index (χ1) is 11.5. The summed E-state index contributed by atoms with van der Waals surface area (Å²) < 4.78 is 15.4. The van der Waals surface area contributed by atoms with Gasteiger partial charge in [0.05, 0.1) is 12.2 Å². The number of carbonyl (C=O) groups excluding carboxylic acids is 2. The van der Waals surface area contributed by atoms with Gasteiger partial charge in [-0.15, -0.1) is 0 Å². The maximum absolute atomic E-state index is 12.2. The third-order valence-corrected chi connectivity index (χ3v) is 3.40. The van der Waals surface area contributed by atoms with Crippen molar-refractivity contribution in [1.29, 1.82) is 0 Å². The third kappa shape index (κ3) is 7.49. The van der Waals surface area contributed by atoms with Gasteiger partial charge in [-0.1, -0.05) is 46.2 Å². The standard InChI is InChI=1S/C19H28O5/c1-5-7-17(13-23-19(21)22-12-14(3)4)24-18(20)16-10-8-15(6-2)9-11-16/h8-11,14,17H,5-7,12-13H2,1-4H3. The molecular formula is C19H28O5. The molecule has 1 aromatic carbocycles. The highest BCUT2D eigenvalue weighted by Gasteiger charge is 2.18. The van der Waals surface area contributed by atoms with Crippen molar-refractivity contribution >= 4 is 12.1 Å². The molecule has 0 aliphatic rings. The lowest BCUT2D eigenvalue weighted by atomic mass is 10.1. The number of rotatable bonds is 9. The Hall–Kier alpha value is -2.04. The minimum absolute atomic E-state index is 0.00352. The van der Waals surface area contributed by atoms with Crippen molar-refractivity contribution in [3.8, 4) is 0 Å². The summed E-state index contributed by atoms with van der Waals surface area (Å²) in [5.41, 5.74) is 1.66. The van der Waals surface area contributed by atoms with Crippen LogP contribution in [0.2, 0.25) is 0 Å². The molecule has 5 nitrogen and oxygen atoms in total. The van der Waals surface area contributed by atoms with Crippen molar-refractivity contribution < 1.29 is 23.8 Å². The minimum Gasteiger partial charge on any atom is -0.455 e. The maximum atomic E-state index is 12.2. The predicted octanol–water partition coefficient (Wildman–Crippen LogP) is 4.38. The second kappa shape index (κ2) is 10.7. The maximum Gasteiger partial charge on any atom is 0.508 e. The van der Waals surface area contributed by atoms with Gasteiger partial charge in [0.2, 0.25) is 0 Å². The molecular weight excluding hydrogens is 308 g/mol. The van der Waals surface area contributed by atoms with E-state index in [2.05, 4.69) is 6.92 Å². The molecule has 1 atom stereocenters. The number of carbonyl (C=O) groups is 2. The molecule has 0 aliphatic heterocycles. The van der Waals surface area contributed by atoms with Crippen LogP contribution in [-0.4, -0.2) is 31.4 Å². The summed E-state index contributed by atoms with van der Waals surface area (Å²) in [4.78, 5) is 23.7. The molecule has 0 heterocycles. The Bertz CT molecular complexity index is 507. The zero-order valence-electron chi connectivity index (χ0n) is 15.0. The van der Waals surface area contributed by atoms with Crippen LogP contribution in [-0.2, 0) is 20.6 Å². The van der Waals surface area contributed by atoms with Crippen LogP contribution in [0.3, 0.4) is 0 Å². The SMILES string of the molecule is CCCC(COC(=O)OCC(C)C)OC(=O)c1ccc(CC)cc1. The zero-order valence-corrected chi connectivity index (χ0v) is 15.0. The van der Waals surface area contributed by atoms with Crippen LogP contribution in [0, 0.1) is 5.92 Å². The lowest BCUT2D eigenvalue weighted by Gasteiger charge is -2.17. The van der Waals surface area contributed by atoms with Gasteiger partial charge in [0, 0.05) is 0 Å². The molecule has 1 aromatic rings. The number of esters is 1. The van der Waals surface area contributed by atoms with Gasteiger partial charge in [-0.2, -0.15) is 0 Å². The van der Waals surface area contributed by atoms with E-state index in [0.29, 0.717) is 18.6 Å². The lowest BCUT2D eigenvalue weighted by molar-refractivity contribution is -0.0109. The molecule has 24 heavy (non-hydrogen) atoms. The molecule has 0 bridgehead atoms. The van der Waals surface area contributed by atoms with Crippen LogP contribution < -0.4 is 0 Å². The summed E-state index contributed by atoms with van der Waals surface area (Å²) in [6.07, 6.45) is 1.15. The Morgan fingerprint density at radius 1 is 1.00 bits per heavy atom. The van der Waals surface area contributed by atoms with Crippen molar-refractivity contribution in [3.05, 3.63) is 35.4 Å². The van der Waals surface area contributed by atoms with Crippen molar-refractivity contribution in [2.45, 2.75) is 53.1 Å². The van der Waals surface area contributed by atoms with E-state index >= 15 is 0 Å². The van der Waals surface area contributed by atoms with Crippen molar-refractivity contribution in [2.75, 3.05) is 13.2 Å². The second-order valence-electron chi connectivity index (χ2n) is 6.13. The van der Waals surface area contributed by atoms with E-state index in [9.17, 15) is 9.59 Å². The number of benzene rings is 1. The highest BCUT2D eigenvalue weighted by atomic mass is 16.7. The molecule has 1 unspecified atom stereocenters. The largest absolute Gasteiger partial charge is 0.508 e. The van der Waals surface area contributed by atoms with E-state index in [1.165, 1.54) is 0 Å². The van der Waals surface area contributed by atoms with Crippen LogP contribution >= 0.6 is 0 Å². The molecule has 0 aromatic heterocycles. The Morgan fingerprint density at radius 2 is 1.62 bits per heavy atom. The minimum atomic E-state index is -0.729. The molecule has 0 fully saturated rings. The fourth-order valence-corrected chi connectivity index (χ4v) is 2.03. The van der Waals surface area contributed by atoms with Gasteiger partial charge in [0.15, 0.2) is 0 Å². The first-order valence-corrected chi connectivity index (χ1v) is 8.55. The van der Waals surface area contributed by atoms with Crippen LogP contribution in [0.15, 0.2) is 24.3 Å². The van der Waals surface area contributed by atoms with Crippen molar-refractivity contribution in [2.24, 2.45) is 5.92 Å². The predicted molar refractivity (Wildman–Crippen MR) is 92.1 cm³/mol. The number of ether oxygens (including phenoxy) is 3. The zero-order chi connectivity index (χ0) is 17.9. The van der Waals surface area contributed by atoms with Gasteiger partial charge in [0.1, 0.15) is 12.7 Å². The summed E-state index contributed by atoms with van der Waals surface area (Å²) in [5.74, 6) is -0.164. The summed E-state index contributed by atoms with van der Waals surface area (Å²) >= 11 is 0. The van der Waals surface area contributed by atoms with E-state index < -0.39 is 18.2 Å². The summed E-state index contributed by atoms with van der Waals surface area (Å²) in [6, 6.07) is 7.32. The molecule has 5 heteroatoms. The normalized spacial score (nSPS) is 11.9. The first-order valence-electron chi connectivity index (χ1n) is 8.55. The molecule has 0 N–H and O–H groups in total. The fraction of sp³-hybridized carbons (Fsp3) is 0.579. The fourth-order valence-electron chi connectivity index (χ4n) is 2.03. The van der Waals surface area contributed by atoms with E-state index in [0.717, 1.165) is 18.4 Å². The molecule has 134 valence electrons. The summed E-state index contributed by atoms with van der Waals surface area (Å²) in [6.45, 7) is 8.23. The smallest absolute Gasteiger partial charge is 0.455 e. The van der Waals surface area contributed by atoms with Gasteiger partial charge in [-0.25, -0.2) is 9.59 Å². The second-order valence-corrected chi connectivity index (χ2v) is 6.13. The topological polar surface area (TPSA) is 61.8 Å². The summed E-state index contributed by atoms with van der Waals surface area (Å²) in [5, 5.41) is 0. The first kappa shape index (κ1) is 20.0. The molecule has 0 saturated carbocycles. The Morgan fingerprint density at radius 3 is 2.17 bits per heavy atom. The highest BCUT2D eigenvalue weighted by Crippen LogP contribution is 2.11.